The lowest BCUT2D eigenvalue weighted by Crippen LogP contribution is -2.62. The largest absolute Gasteiger partial charge is 0.368 e. The van der Waals surface area contributed by atoms with Crippen LogP contribution in [-0.2, 0) is 0 Å². The summed E-state index contributed by atoms with van der Waals surface area (Å²) >= 11 is 0. The van der Waals surface area contributed by atoms with E-state index >= 15 is 0 Å². The smallest absolute Gasteiger partial charge is 0.0553 e. The lowest BCUT2D eigenvalue weighted by molar-refractivity contribution is 0.0700. The number of hydrogen-bond acceptors (Lipinski definition) is 6. The van der Waals surface area contributed by atoms with Gasteiger partial charge in [-0.3, -0.25) is 14.9 Å². The predicted octanol–water partition coefficient (Wildman–Crippen LogP) is 2.53. The minimum atomic E-state index is 0.217. The van der Waals surface area contributed by atoms with Crippen LogP contribution in [0.5, 0.6) is 0 Å². The molecule has 6 heterocycles. The molecule has 0 aliphatic carbocycles. The maximum absolute atomic E-state index is 4.39. The van der Waals surface area contributed by atoms with Crippen LogP contribution in [-0.4, -0.2) is 71.3 Å². The Morgan fingerprint density at radius 3 is 2.37 bits per heavy atom. The Bertz CT molecular complexity index is 868. The number of rotatable bonds is 3. The van der Waals surface area contributed by atoms with Gasteiger partial charge in [-0.2, -0.15) is 0 Å². The average Bonchev–Trinajstić information content (AvgIpc) is 3.59. The molecular weight excluding hydrogens is 372 g/mol. The summed E-state index contributed by atoms with van der Waals surface area (Å²) < 4.78 is 0. The predicted molar refractivity (Wildman–Crippen MR) is 120 cm³/mol. The molecule has 6 rings (SSSR count). The maximum Gasteiger partial charge on any atom is 0.0553 e. The van der Waals surface area contributed by atoms with Crippen molar-refractivity contribution in [3.05, 3.63) is 49.1 Å². The fourth-order valence-corrected chi connectivity index (χ4v) is 6.78. The molecular formula is C24H32N6. The minimum Gasteiger partial charge on any atom is -0.368 e. The maximum atomic E-state index is 4.39. The second-order valence-electron chi connectivity index (χ2n) is 9.70. The standard InChI is InChI=1S/C24H32N6/c1-5-20(15-25-10-1)28-14-9-23(18-28)7-4-13-30(23)22-17-29(21-6-2-11-26-16-21)19-24(22)8-3-12-27-24/h1-2,5-6,10-11,15-16,22,27H,3-4,7-9,12-14,17-19H2/t22?,23-,24?/m1/s1. The lowest BCUT2D eigenvalue weighted by Gasteiger charge is -2.45. The third-order valence-electron chi connectivity index (χ3n) is 8.16. The molecule has 30 heavy (non-hydrogen) atoms. The van der Waals surface area contributed by atoms with Gasteiger partial charge in [-0.25, -0.2) is 0 Å². The van der Waals surface area contributed by atoms with Crippen molar-refractivity contribution in [2.45, 2.75) is 49.2 Å². The van der Waals surface area contributed by atoms with Crippen LogP contribution >= 0.6 is 0 Å². The number of hydrogen-bond donors (Lipinski definition) is 1. The van der Waals surface area contributed by atoms with Crippen molar-refractivity contribution in [1.82, 2.24) is 20.2 Å². The van der Waals surface area contributed by atoms with Gasteiger partial charge in [-0.15, -0.1) is 0 Å². The number of nitrogens with one attached hydrogen (secondary N) is 1. The summed E-state index contributed by atoms with van der Waals surface area (Å²) in [7, 11) is 0. The molecule has 4 fully saturated rings. The average molecular weight is 405 g/mol. The SMILES string of the molecule is c1cncc(N2CC(N3CCC[C@]34CCN(c3cccnc3)C4)C3(CCCN3)C2)c1. The molecule has 3 atom stereocenters. The number of anilines is 2. The van der Waals surface area contributed by atoms with E-state index in [1.165, 1.54) is 50.0 Å². The summed E-state index contributed by atoms with van der Waals surface area (Å²) in [4.78, 5) is 16.8. The van der Waals surface area contributed by atoms with Gasteiger partial charge in [-0.1, -0.05) is 0 Å². The molecule has 2 spiro atoms. The van der Waals surface area contributed by atoms with E-state index in [2.05, 4.69) is 54.2 Å². The molecule has 4 saturated heterocycles. The third kappa shape index (κ3) is 2.92. The molecule has 2 aromatic rings. The summed E-state index contributed by atoms with van der Waals surface area (Å²) in [6, 6.07) is 9.13. The Hall–Kier alpha value is -2.18. The molecule has 2 unspecified atom stereocenters. The van der Waals surface area contributed by atoms with Crippen LogP contribution < -0.4 is 15.1 Å². The fraction of sp³-hybridized carbons (Fsp3) is 0.583. The van der Waals surface area contributed by atoms with Gasteiger partial charge in [0, 0.05) is 50.2 Å². The van der Waals surface area contributed by atoms with Crippen molar-refractivity contribution in [2.75, 3.05) is 49.1 Å². The second-order valence-corrected chi connectivity index (χ2v) is 9.70. The normalized spacial score (nSPS) is 34.1. The van der Waals surface area contributed by atoms with Crippen LogP contribution in [0.3, 0.4) is 0 Å². The van der Waals surface area contributed by atoms with Gasteiger partial charge < -0.3 is 15.1 Å². The van der Waals surface area contributed by atoms with Gasteiger partial charge in [0.1, 0.15) is 0 Å². The summed E-state index contributed by atoms with van der Waals surface area (Å²) in [6.07, 6.45) is 14.3. The lowest BCUT2D eigenvalue weighted by atomic mass is 9.86. The van der Waals surface area contributed by atoms with Crippen molar-refractivity contribution < 1.29 is 0 Å². The molecule has 1 N–H and O–H groups in total. The fourth-order valence-electron chi connectivity index (χ4n) is 6.78. The first kappa shape index (κ1) is 18.6. The van der Waals surface area contributed by atoms with E-state index in [1.54, 1.807) is 0 Å². The van der Waals surface area contributed by atoms with E-state index in [-0.39, 0.29) is 5.54 Å². The molecule has 4 aliphatic heterocycles. The molecule has 2 aromatic heterocycles. The molecule has 0 bridgehead atoms. The molecule has 0 aromatic carbocycles. The van der Waals surface area contributed by atoms with Crippen molar-refractivity contribution in [1.29, 1.82) is 0 Å². The van der Waals surface area contributed by atoms with Gasteiger partial charge in [0.25, 0.3) is 0 Å². The first-order valence-corrected chi connectivity index (χ1v) is 11.6. The quantitative estimate of drug-likeness (QED) is 0.848. The molecule has 0 radical (unpaired) electrons. The second kappa shape index (κ2) is 7.20. The molecule has 4 aliphatic rings. The van der Waals surface area contributed by atoms with Crippen LogP contribution in [0.1, 0.15) is 32.1 Å². The Labute approximate surface area is 179 Å². The van der Waals surface area contributed by atoms with Gasteiger partial charge in [-0.05, 0) is 69.5 Å². The highest BCUT2D eigenvalue weighted by molar-refractivity contribution is 5.49. The molecule has 6 heteroatoms. The van der Waals surface area contributed by atoms with Gasteiger partial charge in [0.15, 0.2) is 0 Å². The Balaban J connectivity index is 1.29. The third-order valence-corrected chi connectivity index (χ3v) is 8.16. The van der Waals surface area contributed by atoms with Crippen LogP contribution in [0.25, 0.3) is 0 Å². The highest BCUT2D eigenvalue weighted by Gasteiger charge is 2.57. The van der Waals surface area contributed by atoms with E-state index in [0.717, 1.165) is 32.7 Å². The van der Waals surface area contributed by atoms with Gasteiger partial charge in [0.2, 0.25) is 0 Å². The zero-order valence-electron chi connectivity index (χ0n) is 17.7. The molecule has 158 valence electrons. The van der Waals surface area contributed by atoms with Crippen LogP contribution in [0.4, 0.5) is 11.4 Å². The molecule has 0 amide bonds. The van der Waals surface area contributed by atoms with Gasteiger partial charge in [0.05, 0.1) is 29.3 Å². The van der Waals surface area contributed by atoms with E-state index in [9.17, 15) is 0 Å². The van der Waals surface area contributed by atoms with E-state index in [0.29, 0.717) is 11.6 Å². The number of nitrogens with zero attached hydrogens (tertiary/aromatic N) is 5. The number of likely N-dealkylation sites (tertiary alicyclic amines) is 1. The Morgan fingerprint density at radius 2 is 1.67 bits per heavy atom. The van der Waals surface area contributed by atoms with Crippen LogP contribution in [0.15, 0.2) is 49.1 Å². The van der Waals surface area contributed by atoms with Crippen molar-refractivity contribution in [2.24, 2.45) is 0 Å². The van der Waals surface area contributed by atoms with Crippen LogP contribution in [0, 0.1) is 0 Å². The zero-order chi connectivity index (χ0) is 20.0. The summed E-state index contributed by atoms with van der Waals surface area (Å²) in [5.74, 6) is 0. The van der Waals surface area contributed by atoms with Crippen LogP contribution in [0.2, 0.25) is 0 Å². The van der Waals surface area contributed by atoms with Gasteiger partial charge >= 0.3 is 0 Å². The van der Waals surface area contributed by atoms with Crippen molar-refractivity contribution >= 4 is 11.4 Å². The Kier molecular flexibility index (Phi) is 4.46. The monoisotopic (exact) mass is 404 g/mol. The first-order valence-electron chi connectivity index (χ1n) is 11.6. The minimum absolute atomic E-state index is 0.217. The molecule has 0 saturated carbocycles. The summed E-state index contributed by atoms with van der Waals surface area (Å²) in [5, 5.41) is 3.98. The van der Waals surface area contributed by atoms with E-state index < -0.39 is 0 Å². The molecule has 6 nitrogen and oxygen atoms in total. The Morgan fingerprint density at radius 1 is 0.867 bits per heavy atom. The van der Waals surface area contributed by atoms with E-state index in [4.69, 9.17) is 0 Å². The number of aromatic nitrogens is 2. The number of pyridine rings is 2. The van der Waals surface area contributed by atoms with E-state index in [1.807, 2.05) is 24.8 Å². The highest BCUT2D eigenvalue weighted by Crippen LogP contribution is 2.45. The van der Waals surface area contributed by atoms with Crippen molar-refractivity contribution in [3.8, 4) is 0 Å². The summed E-state index contributed by atoms with van der Waals surface area (Å²) in [6.45, 7) is 6.87. The highest BCUT2D eigenvalue weighted by atomic mass is 15.4. The van der Waals surface area contributed by atoms with Crippen molar-refractivity contribution in [3.63, 3.8) is 0 Å². The first-order chi connectivity index (χ1) is 14.8. The topological polar surface area (TPSA) is 47.5 Å². The summed E-state index contributed by atoms with van der Waals surface area (Å²) in [5.41, 5.74) is 3.07. The zero-order valence-corrected chi connectivity index (χ0v) is 17.7.